The van der Waals surface area contributed by atoms with E-state index in [9.17, 15) is 14.4 Å². The number of halogens is 2. The van der Waals surface area contributed by atoms with Crippen LogP contribution in [0.3, 0.4) is 0 Å². The van der Waals surface area contributed by atoms with Crippen molar-refractivity contribution in [2.45, 2.75) is 13.5 Å². The molecule has 1 aliphatic heterocycles. The van der Waals surface area contributed by atoms with Crippen LogP contribution < -0.4 is 9.47 Å². The first-order chi connectivity index (χ1) is 17.4. The number of carbonyl (C=O) groups is 3. The van der Waals surface area contributed by atoms with Crippen molar-refractivity contribution < 1.29 is 23.9 Å². The van der Waals surface area contributed by atoms with E-state index in [0.717, 1.165) is 22.2 Å². The summed E-state index contributed by atoms with van der Waals surface area (Å²) < 4.78 is 11.6. The van der Waals surface area contributed by atoms with Gasteiger partial charge in [-0.25, -0.2) is 0 Å². The van der Waals surface area contributed by atoms with Crippen molar-refractivity contribution in [2.75, 3.05) is 13.2 Å². The first-order valence-corrected chi connectivity index (χ1v) is 12.6. The van der Waals surface area contributed by atoms with Crippen LogP contribution in [0.2, 0.25) is 10.0 Å². The smallest absolute Gasteiger partial charge is 0.293 e. The second-order valence-electron chi connectivity index (χ2n) is 7.72. The van der Waals surface area contributed by atoms with Crippen molar-refractivity contribution in [2.24, 2.45) is 0 Å². The molecule has 0 radical (unpaired) electrons. The molecular weight excluding hydrogens is 521 g/mol. The van der Waals surface area contributed by atoms with Crippen LogP contribution in [0.5, 0.6) is 11.5 Å². The highest BCUT2D eigenvalue weighted by Crippen LogP contribution is 2.35. The lowest BCUT2D eigenvalue weighted by Crippen LogP contribution is -2.33. The van der Waals surface area contributed by atoms with E-state index < -0.39 is 11.1 Å². The molecule has 3 aromatic rings. The molecular formula is C27H21Cl2NO5S. The summed E-state index contributed by atoms with van der Waals surface area (Å²) in [5.74, 6) is 0.168. The largest absolute Gasteiger partial charge is 0.490 e. The Morgan fingerprint density at radius 1 is 0.972 bits per heavy atom. The molecule has 3 aromatic carbocycles. The van der Waals surface area contributed by atoms with Gasteiger partial charge in [0.1, 0.15) is 6.61 Å². The van der Waals surface area contributed by atoms with Crippen molar-refractivity contribution in [1.29, 1.82) is 0 Å². The fourth-order valence-electron chi connectivity index (χ4n) is 3.44. The van der Waals surface area contributed by atoms with Crippen molar-refractivity contribution in [3.63, 3.8) is 0 Å². The average molecular weight is 542 g/mol. The Morgan fingerprint density at radius 3 is 2.47 bits per heavy atom. The fourth-order valence-corrected chi connectivity index (χ4v) is 4.74. The van der Waals surface area contributed by atoms with E-state index in [1.165, 1.54) is 0 Å². The Labute approximate surface area is 222 Å². The molecule has 1 heterocycles. The van der Waals surface area contributed by atoms with E-state index in [4.69, 9.17) is 32.7 Å². The Morgan fingerprint density at radius 2 is 1.75 bits per heavy atom. The quantitative estimate of drug-likeness (QED) is 0.217. The molecule has 0 bridgehead atoms. The maximum absolute atomic E-state index is 12.9. The first-order valence-electron chi connectivity index (χ1n) is 11.0. The summed E-state index contributed by atoms with van der Waals surface area (Å²) >= 11 is 13.0. The van der Waals surface area contributed by atoms with E-state index in [0.29, 0.717) is 39.3 Å². The SMILES string of the molecule is CCOc1cc(/C=C2/SC(=O)N(CC(=O)c3ccccc3)C2=O)ccc1OCc1ccc(Cl)cc1Cl. The molecule has 1 aliphatic rings. The highest BCUT2D eigenvalue weighted by molar-refractivity contribution is 8.18. The summed E-state index contributed by atoms with van der Waals surface area (Å²) in [5, 5.41) is 0.552. The van der Waals surface area contributed by atoms with E-state index in [-0.39, 0.29) is 23.8 Å². The van der Waals surface area contributed by atoms with Crippen LogP contribution in [0.1, 0.15) is 28.4 Å². The lowest BCUT2D eigenvalue weighted by Gasteiger charge is -2.13. The number of ketones is 1. The van der Waals surface area contributed by atoms with Gasteiger partial charge >= 0.3 is 0 Å². The van der Waals surface area contributed by atoms with Gasteiger partial charge in [0.15, 0.2) is 17.3 Å². The van der Waals surface area contributed by atoms with Crippen LogP contribution in [0, 0.1) is 0 Å². The van der Waals surface area contributed by atoms with E-state index >= 15 is 0 Å². The highest BCUT2D eigenvalue weighted by Gasteiger charge is 2.36. The molecule has 0 aromatic heterocycles. The number of nitrogens with zero attached hydrogens (tertiary/aromatic N) is 1. The Hall–Kier alpha value is -3.26. The molecule has 184 valence electrons. The number of carbonyl (C=O) groups excluding carboxylic acids is 3. The van der Waals surface area contributed by atoms with Gasteiger partial charge in [-0.2, -0.15) is 0 Å². The van der Waals surface area contributed by atoms with Crippen molar-refractivity contribution >= 4 is 58.0 Å². The molecule has 9 heteroatoms. The molecule has 36 heavy (non-hydrogen) atoms. The number of benzene rings is 3. The lowest BCUT2D eigenvalue weighted by molar-refractivity contribution is -0.122. The zero-order valence-electron chi connectivity index (χ0n) is 19.2. The summed E-state index contributed by atoms with van der Waals surface area (Å²) in [5.41, 5.74) is 1.86. The van der Waals surface area contributed by atoms with Gasteiger partial charge in [-0.1, -0.05) is 65.7 Å². The molecule has 2 amide bonds. The minimum absolute atomic E-state index is 0.212. The monoisotopic (exact) mass is 541 g/mol. The minimum atomic E-state index is -0.509. The van der Waals surface area contributed by atoms with Crippen molar-refractivity contribution in [1.82, 2.24) is 4.90 Å². The molecule has 0 atom stereocenters. The maximum Gasteiger partial charge on any atom is 0.293 e. The van der Waals surface area contributed by atoms with Gasteiger partial charge in [0.2, 0.25) is 0 Å². The number of ether oxygens (including phenoxy) is 2. The summed E-state index contributed by atoms with van der Waals surface area (Å²) in [6.07, 6.45) is 1.60. The summed E-state index contributed by atoms with van der Waals surface area (Å²) in [6.45, 7) is 2.15. The van der Waals surface area contributed by atoms with Crippen LogP contribution >= 0.6 is 35.0 Å². The van der Waals surface area contributed by atoms with E-state index in [1.54, 1.807) is 72.8 Å². The van der Waals surface area contributed by atoms with Crippen LogP contribution in [0.4, 0.5) is 4.79 Å². The van der Waals surface area contributed by atoms with Crippen LogP contribution in [-0.2, 0) is 11.4 Å². The van der Waals surface area contributed by atoms with E-state index in [2.05, 4.69) is 0 Å². The third-order valence-corrected chi connectivity index (χ3v) is 6.73. The molecule has 1 saturated heterocycles. The number of imide groups is 1. The summed E-state index contributed by atoms with van der Waals surface area (Å²) in [6, 6.07) is 18.9. The van der Waals surface area contributed by atoms with Gasteiger partial charge < -0.3 is 9.47 Å². The normalized spacial score (nSPS) is 14.4. The molecule has 0 saturated carbocycles. The summed E-state index contributed by atoms with van der Waals surface area (Å²) in [4.78, 5) is 39.0. The number of Topliss-reactive ketones (excluding diaryl/α,β-unsaturated/α-hetero) is 1. The molecule has 6 nitrogen and oxygen atoms in total. The zero-order valence-corrected chi connectivity index (χ0v) is 21.5. The van der Waals surface area contributed by atoms with Gasteiger partial charge in [0.05, 0.1) is 18.1 Å². The third-order valence-electron chi connectivity index (χ3n) is 5.23. The maximum atomic E-state index is 12.9. The Balaban J connectivity index is 1.49. The Kier molecular flexibility index (Phi) is 8.36. The molecule has 0 N–H and O–H groups in total. The molecule has 0 aliphatic carbocycles. The lowest BCUT2D eigenvalue weighted by atomic mass is 10.1. The number of amides is 2. The van der Waals surface area contributed by atoms with E-state index in [1.807, 2.05) is 6.92 Å². The van der Waals surface area contributed by atoms with Gasteiger partial charge in [-0.15, -0.1) is 0 Å². The fraction of sp³-hybridized carbons (Fsp3) is 0.148. The number of hydrogen-bond donors (Lipinski definition) is 0. The standard InChI is InChI=1S/C27H21Cl2NO5S/c1-2-34-24-12-17(8-11-23(24)35-16-19-9-10-20(28)14-21(19)29)13-25-26(32)30(27(33)36-25)15-22(31)18-6-4-3-5-7-18/h3-14H,2,15-16H2,1H3/b25-13+. The van der Waals surface area contributed by atoms with Gasteiger partial charge in [-0.3, -0.25) is 19.3 Å². The predicted octanol–water partition coefficient (Wildman–Crippen LogP) is 6.89. The third kappa shape index (κ3) is 6.10. The van der Waals surface area contributed by atoms with Crippen LogP contribution in [0.25, 0.3) is 6.08 Å². The van der Waals surface area contributed by atoms with Crippen molar-refractivity contribution in [3.8, 4) is 11.5 Å². The number of rotatable bonds is 9. The minimum Gasteiger partial charge on any atom is -0.490 e. The van der Waals surface area contributed by atoms with Gasteiger partial charge in [0, 0.05) is 21.2 Å². The van der Waals surface area contributed by atoms with Gasteiger partial charge in [0.25, 0.3) is 11.1 Å². The predicted molar refractivity (Wildman–Crippen MR) is 142 cm³/mol. The van der Waals surface area contributed by atoms with Crippen LogP contribution in [0.15, 0.2) is 71.6 Å². The second-order valence-corrected chi connectivity index (χ2v) is 9.56. The molecule has 4 rings (SSSR count). The number of thioether (sulfide) groups is 1. The molecule has 0 spiro atoms. The highest BCUT2D eigenvalue weighted by atomic mass is 35.5. The number of hydrogen-bond acceptors (Lipinski definition) is 6. The van der Waals surface area contributed by atoms with Crippen LogP contribution in [-0.4, -0.2) is 35.0 Å². The topological polar surface area (TPSA) is 72.9 Å². The Bertz CT molecular complexity index is 1340. The molecule has 0 unspecified atom stereocenters. The summed E-state index contributed by atoms with van der Waals surface area (Å²) in [7, 11) is 0. The first kappa shape index (κ1) is 25.8. The molecule has 1 fully saturated rings. The average Bonchev–Trinajstić information content (AvgIpc) is 3.12. The van der Waals surface area contributed by atoms with Gasteiger partial charge in [-0.05, 0) is 54.6 Å². The second kappa shape index (κ2) is 11.6. The zero-order chi connectivity index (χ0) is 25.7. The van der Waals surface area contributed by atoms with Crippen molar-refractivity contribution in [3.05, 3.63) is 98.4 Å².